The summed E-state index contributed by atoms with van der Waals surface area (Å²) in [5.74, 6) is -3.46. The van der Waals surface area contributed by atoms with Gasteiger partial charge < -0.3 is 15.4 Å². The molecule has 0 bridgehead atoms. The molecule has 0 aliphatic rings. The van der Waals surface area contributed by atoms with Gasteiger partial charge in [0.1, 0.15) is 18.3 Å². The number of sulfone groups is 1. The van der Waals surface area contributed by atoms with E-state index >= 15 is 0 Å². The zero-order chi connectivity index (χ0) is 22.9. The van der Waals surface area contributed by atoms with Crippen LogP contribution in [0.5, 0.6) is 5.75 Å². The maximum atomic E-state index is 12.7. The molecule has 2 N–H and O–H groups in total. The van der Waals surface area contributed by atoms with Gasteiger partial charge in [-0.2, -0.15) is 14.0 Å². The summed E-state index contributed by atoms with van der Waals surface area (Å²) in [4.78, 5) is 28.5. The number of para-hydroxylation sites is 1. The van der Waals surface area contributed by atoms with E-state index in [1.54, 1.807) is 6.07 Å². The van der Waals surface area contributed by atoms with Crippen LogP contribution in [0.25, 0.3) is 0 Å². The molecule has 0 radical (unpaired) electrons. The molecule has 0 aliphatic heterocycles. The van der Waals surface area contributed by atoms with Gasteiger partial charge >= 0.3 is 6.61 Å². The van der Waals surface area contributed by atoms with Gasteiger partial charge in [-0.05, 0) is 18.2 Å². The fraction of sp³-hybridized carbons (Fsp3) is 0.263. The molecule has 2 amide bonds. The molecule has 31 heavy (non-hydrogen) atoms. The summed E-state index contributed by atoms with van der Waals surface area (Å²) in [6.45, 7) is -3.54. The molecule has 2 aromatic rings. The highest BCUT2D eigenvalue weighted by Gasteiger charge is 2.28. The lowest BCUT2D eigenvalue weighted by atomic mass is 10.2. The van der Waals surface area contributed by atoms with E-state index in [2.05, 4.69) is 20.4 Å². The van der Waals surface area contributed by atoms with E-state index in [0.29, 0.717) is 0 Å². The monoisotopic (exact) mass is 452 g/mol. The molecular weight excluding hydrogens is 434 g/mol. The van der Waals surface area contributed by atoms with Crippen LogP contribution < -0.4 is 15.4 Å². The molecule has 0 aliphatic carbocycles. The van der Waals surface area contributed by atoms with Crippen LogP contribution in [0.15, 0.2) is 48.8 Å². The average Bonchev–Trinajstić information content (AvgIpc) is 2.72. The molecule has 1 aromatic heterocycles. The Labute approximate surface area is 177 Å². The number of ether oxygens (including phenoxy) is 1. The predicted octanol–water partition coefficient (Wildman–Crippen LogP) is 1.04. The number of nitrogens with zero attached hydrogens (tertiary/aromatic N) is 2. The summed E-state index contributed by atoms with van der Waals surface area (Å²) >= 11 is 0. The highest BCUT2D eigenvalue weighted by atomic mass is 32.2. The van der Waals surface area contributed by atoms with Gasteiger partial charge in [0.25, 0.3) is 5.91 Å². The Morgan fingerprint density at radius 3 is 2.48 bits per heavy atom. The van der Waals surface area contributed by atoms with Crippen molar-refractivity contribution in [3.8, 4) is 11.8 Å². The first-order valence-electron chi connectivity index (χ1n) is 8.80. The van der Waals surface area contributed by atoms with Crippen molar-refractivity contribution in [2.24, 2.45) is 0 Å². The Morgan fingerprint density at radius 1 is 1.16 bits per heavy atom. The molecule has 0 fully saturated rings. The number of halogens is 2. The van der Waals surface area contributed by atoms with Crippen molar-refractivity contribution in [1.29, 1.82) is 5.26 Å². The van der Waals surface area contributed by atoms with E-state index in [1.165, 1.54) is 48.8 Å². The van der Waals surface area contributed by atoms with Crippen molar-refractivity contribution in [3.63, 3.8) is 0 Å². The van der Waals surface area contributed by atoms with Crippen LogP contribution in [0.2, 0.25) is 0 Å². The third-order valence-electron chi connectivity index (χ3n) is 3.89. The number of pyridine rings is 1. The SMILES string of the molecule is N#CCNC(=O)[C@H](CS(=O)(=O)Cc1ccccc1OC(F)F)NC(=O)c1ccncc1. The van der Waals surface area contributed by atoms with Gasteiger partial charge in [0.2, 0.25) is 5.91 Å². The van der Waals surface area contributed by atoms with E-state index in [0.717, 1.165) is 0 Å². The zero-order valence-corrected chi connectivity index (χ0v) is 16.8. The van der Waals surface area contributed by atoms with Crippen LogP contribution >= 0.6 is 0 Å². The van der Waals surface area contributed by atoms with E-state index in [-0.39, 0.29) is 16.9 Å². The topological polar surface area (TPSA) is 138 Å². The van der Waals surface area contributed by atoms with Gasteiger partial charge in [0, 0.05) is 23.5 Å². The summed E-state index contributed by atoms with van der Waals surface area (Å²) in [6, 6.07) is 8.23. The number of amides is 2. The van der Waals surface area contributed by atoms with Gasteiger partial charge in [-0.15, -0.1) is 0 Å². The fourth-order valence-electron chi connectivity index (χ4n) is 2.56. The minimum Gasteiger partial charge on any atom is -0.435 e. The number of nitriles is 1. The van der Waals surface area contributed by atoms with Crippen molar-refractivity contribution in [3.05, 3.63) is 59.9 Å². The highest BCUT2D eigenvalue weighted by molar-refractivity contribution is 7.90. The van der Waals surface area contributed by atoms with Gasteiger partial charge in [0.05, 0.1) is 17.6 Å². The zero-order valence-electron chi connectivity index (χ0n) is 16.0. The predicted molar refractivity (Wildman–Crippen MR) is 105 cm³/mol. The summed E-state index contributed by atoms with van der Waals surface area (Å²) < 4.78 is 54.9. The van der Waals surface area contributed by atoms with Gasteiger partial charge in [-0.25, -0.2) is 8.42 Å². The number of carbonyl (C=O) groups is 2. The third kappa shape index (κ3) is 7.63. The number of carbonyl (C=O) groups excluding carboxylic acids is 2. The second-order valence-corrected chi connectivity index (χ2v) is 8.29. The van der Waals surface area contributed by atoms with Gasteiger partial charge in [-0.1, -0.05) is 18.2 Å². The Hall–Kier alpha value is -3.59. The lowest BCUT2D eigenvalue weighted by Crippen LogP contribution is -2.50. The van der Waals surface area contributed by atoms with Crippen LogP contribution in [-0.2, 0) is 20.4 Å². The summed E-state index contributed by atoms with van der Waals surface area (Å²) in [7, 11) is -4.09. The first-order valence-corrected chi connectivity index (χ1v) is 10.6. The molecule has 1 heterocycles. The minimum absolute atomic E-state index is 0.0283. The Morgan fingerprint density at radius 2 is 1.84 bits per heavy atom. The second kappa shape index (κ2) is 11.0. The standard InChI is InChI=1S/C19H18F2N4O5S/c20-19(21)30-16-4-2-1-3-14(16)11-31(28,29)12-15(18(27)24-10-7-22)25-17(26)13-5-8-23-9-6-13/h1-6,8-9,15,19H,10-12H2,(H,24,27)(H,25,26)/t15-/m0/s1. The summed E-state index contributed by atoms with van der Waals surface area (Å²) in [5.41, 5.74) is 0.112. The number of rotatable bonds is 10. The molecule has 2 rings (SSSR count). The largest absolute Gasteiger partial charge is 0.435 e. The number of aromatic nitrogens is 1. The number of nitrogens with one attached hydrogen (secondary N) is 2. The van der Waals surface area contributed by atoms with Crippen molar-refractivity contribution in [1.82, 2.24) is 15.6 Å². The molecule has 1 atom stereocenters. The van der Waals surface area contributed by atoms with E-state index in [9.17, 15) is 26.8 Å². The van der Waals surface area contributed by atoms with Gasteiger partial charge in [0.15, 0.2) is 9.84 Å². The summed E-state index contributed by atoms with van der Waals surface area (Å²) in [6.07, 6.45) is 2.69. The van der Waals surface area contributed by atoms with Crippen molar-refractivity contribution >= 4 is 21.7 Å². The first kappa shape index (κ1) is 23.7. The number of hydrogen-bond acceptors (Lipinski definition) is 7. The number of alkyl halides is 2. The molecule has 0 unspecified atom stereocenters. The molecule has 1 aromatic carbocycles. The van der Waals surface area contributed by atoms with Gasteiger partial charge in [-0.3, -0.25) is 14.6 Å². The molecule has 0 spiro atoms. The molecule has 164 valence electrons. The fourth-order valence-corrected chi connectivity index (χ4v) is 4.13. The minimum atomic E-state index is -4.09. The van der Waals surface area contributed by atoms with Crippen LogP contribution in [0.1, 0.15) is 15.9 Å². The van der Waals surface area contributed by atoms with Crippen molar-refractivity contribution in [2.45, 2.75) is 18.4 Å². The third-order valence-corrected chi connectivity index (χ3v) is 5.48. The lowest BCUT2D eigenvalue weighted by molar-refractivity contribution is -0.122. The van der Waals surface area contributed by atoms with E-state index in [4.69, 9.17) is 5.26 Å². The van der Waals surface area contributed by atoms with Crippen molar-refractivity contribution < 1.29 is 31.5 Å². The van der Waals surface area contributed by atoms with E-state index in [1.807, 2.05) is 0 Å². The molecular formula is C19H18F2N4O5S. The smallest absolute Gasteiger partial charge is 0.387 e. The van der Waals surface area contributed by atoms with Crippen molar-refractivity contribution in [2.75, 3.05) is 12.3 Å². The molecule has 9 nitrogen and oxygen atoms in total. The molecule has 12 heteroatoms. The maximum absolute atomic E-state index is 12.7. The van der Waals surface area contributed by atoms with Crippen LogP contribution in [0, 0.1) is 11.3 Å². The second-order valence-electron chi connectivity index (χ2n) is 6.18. The van der Waals surface area contributed by atoms with E-state index < -0.39 is 52.4 Å². The lowest BCUT2D eigenvalue weighted by Gasteiger charge is -2.18. The normalized spacial score (nSPS) is 11.9. The molecule has 0 saturated carbocycles. The number of hydrogen-bond donors (Lipinski definition) is 2. The van der Waals surface area contributed by atoms with Crippen LogP contribution in [0.4, 0.5) is 8.78 Å². The summed E-state index contributed by atoms with van der Waals surface area (Å²) in [5, 5.41) is 13.1. The average molecular weight is 452 g/mol. The molecule has 0 saturated heterocycles. The highest BCUT2D eigenvalue weighted by Crippen LogP contribution is 2.23. The maximum Gasteiger partial charge on any atom is 0.387 e. The quantitative estimate of drug-likeness (QED) is 0.514. The first-order chi connectivity index (χ1) is 14.7. The Bertz CT molecular complexity index is 1060. The van der Waals surface area contributed by atoms with Crippen LogP contribution in [0.3, 0.4) is 0 Å². The Balaban J connectivity index is 2.21. The number of benzene rings is 1. The Kier molecular flexibility index (Phi) is 8.39. The van der Waals surface area contributed by atoms with Crippen LogP contribution in [-0.4, -0.2) is 50.2 Å².